The van der Waals surface area contributed by atoms with E-state index in [-0.39, 0.29) is 31.3 Å². The fourth-order valence-corrected chi connectivity index (χ4v) is 4.05. The maximum atomic E-state index is 13.8. The Morgan fingerprint density at radius 1 is 1.15 bits per heavy atom. The summed E-state index contributed by atoms with van der Waals surface area (Å²) in [6.45, 7) is 0.289. The van der Waals surface area contributed by atoms with Gasteiger partial charge in [-0.25, -0.2) is 4.68 Å². The van der Waals surface area contributed by atoms with Gasteiger partial charge in [-0.2, -0.15) is 18.3 Å². The molecule has 1 amide bonds. The molecule has 2 atom stereocenters. The molecule has 5 rings (SSSR count). The Bertz CT molecular complexity index is 1200. The third-order valence-corrected chi connectivity index (χ3v) is 5.84. The lowest BCUT2D eigenvalue weighted by Gasteiger charge is -2.33. The number of hydrogen-bond donors (Lipinski definition) is 2. The highest BCUT2D eigenvalue weighted by molar-refractivity contribution is 6.30. The highest BCUT2D eigenvalue weighted by Gasteiger charge is 2.46. The summed E-state index contributed by atoms with van der Waals surface area (Å²) in [7, 11) is 0. The molecular formula is C22H18ClF3N4O3. The first-order valence-electron chi connectivity index (χ1n) is 10.1. The van der Waals surface area contributed by atoms with E-state index >= 15 is 0 Å². The van der Waals surface area contributed by atoms with E-state index in [1.165, 1.54) is 6.07 Å². The number of halogens is 4. The van der Waals surface area contributed by atoms with Crippen molar-refractivity contribution in [3.8, 4) is 11.5 Å². The van der Waals surface area contributed by atoms with Crippen molar-refractivity contribution < 1.29 is 27.4 Å². The summed E-state index contributed by atoms with van der Waals surface area (Å²) < 4.78 is 52.9. The van der Waals surface area contributed by atoms with E-state index in [0.717, 1.165) is 10.2 Å². The van der Waals surface area contributed by atoms with Gasteiger partial charge in [0.05, 0.1) is 6.04 Å². The van der Waals surface area contributed by atoms with Crippen molar-refractivity contribution >= 4 is 23.3 Å². The van der Waals surface area contributed by atoms with Crippen molar-refractivity contribution in [2.75, 3.05) is 12.1 Å². The van der Waals surface area contributed by atoms with Gasteiger partial charge in [0.15, 0.2) is 23.2 Å². The number of alkyl halides is 3. The largest absolute Gasteiger partial charge is 0.454 e. The molecule has 0 aliphatic carbocycles. The molecule has 0 unspecified atom stereocenters. The van der Waals surface area contributed by atoms with Crippen LogP contribution in [0.3, 0.4) is 0 Å². The number of nitrogens with zero attached hydrogens (tertiary/aromatic N) is 2. The molecule has 11 heteroatoms. The van der Waals surface area contributed by atoms with E-state index in [0.29, 0.717) is 22.1 Å². The van der Waals surface area contributed by atoms with Crippen LogP contribution in [-0.4, -0.2) is 28.7 Å². The number of hydrogen-bond acceptors (Lipinski definition) is 5. The number of nitrogens with one attached hydrogen (secondary N) is 2. The lowest BCUT2D eigenvalue weighted by Crippen LogP contribution is -2.35. The summed E-state index contributed by atoms with van der Waals surface area (Å²) in [5.41, 5.74) is 1.31. The highest BCUT2D eigenvalue weighted by atomic mass is 35.5. The molecule has 2 aliphatic heterocycles. The summed E-state index contributed by atoms with van der Waals surface area (Å²) in [6, 6.07) is 10.7. The molecule has 0 fully saturated rings. The van der Waals surface area contributed by atoms with E-state index in [1.54, 1.807) is 42.5 Å². The van der Waals surface area contributed by atoms with E-state index in [2.05, 4.69) is 15.7 Å². The number of amides is 1. The Morgan fingerprint density at radius 3 is 2.67 bits per heavy atom. The molecule has 3 heterocycles. The predicted molar refractivity (Wildman–Crippen MR) is 113 cm³/mol. The first kappa shape index (κ1) is 21.4. The molecule has 0 saturated carbocycles. The van der Waals surface area contributed by atoms with Crippen molar-refractivity contribution in [1.29, 1.82) is 0 Å². The topological polar surface area (TPSA) is 77.4 Å². The summed E-state index contributed by atoms with van der Waals surface area (Å²) in [5, 5.41) is 10.2. The normalized spacial score (nSPS) is 19.0. The molecule has 2 aliphatic rings. The zero-order chi connectivity index (χ0) is 23.2. The predicted octanol–water partition coefficient (Wildman–Crippen LogP) is 4.86. The monoisotopic (exact) mass is 478 g/mol. The second-order valence-electron chi connectivity index (χ2n) is 7.77. The van der Waals surface area contributed by atoms with Gasteiger partial charge < -0.3 is 20.1 Å². The Hall–Kier alpha value is -3.40. The number of benzene rings is 2. The van der Waals surface area contributed by atoms with Crippen LogP contribution in [0.2, 0.25) is 5.02 Å². The number of rotatable bonds is 4. The Kier molecular flexibility index (Phi) is 5.32. The van der Waals surface area contributed by atoms with Crippen LogP contribution in [0.5, 0.6) is 11.5 Å². The molecule has 0 saturated heterocycles. The number of fused-ring (bicyclic) bond motifs is 2. The van der Waals surface area contributed by atoms with E-state index in [9.17, 15) is 18.0 Å². The average molecular weight is 479 g/mol. The maximum absolute atomic E-state index is 13.8. The third-order valence-electron chi connectivity index (χ3n) is 5.58. The van der Waals surface area contributed by atoms with Gasteiger partial charge in [0.2, 0.25) is 6.79 Å². The number of carbonyl (C=O) groups excluding carboxylic acids is 1. The van der Waals surface area contributed by atoms with Crippen molar-refractivity contribution in [2.45, 2.75) is 31.2 Å². The van der Waals surface area contributed by atoms with Crippen molar-refractivity contribution in [2.24, 2.45) is 0 Å². The fourth-order valence-electron chi connectivity index (χ4n) is 3.92. The molecule has 0 radical (unpaired) electrons. The van der Waals surface area contributed by atoms with Crippen LogP contribution in [0.15, 0.2) is 48.5 Å². The molecule has 1 aromatic heterocycles. The van der Waals surface area contributed by atoms with Crippen molar-refractivity contribution in [3.05, 3.63) is 70.4 Å². The van der Waals surface area contributed by atoms with Crippen LogP contribution in [0.1, 0.15) is 40.1 Å². The maximum Gasteiger partial charge on any atom is 0.410 e. The molecule has 33 heavy (non-hydrogen) atoms. The minimum absolute atomic E-state index is 0.107. The molecule has 172 valence electrons. The standard InChI is InChI=1S/C22H18ClF3N4O3/c23-14-4-2-13(3-5-14)15-8-19(22(24,25)26)30-20(28-15)9-16(29-30)21(31)27-10-12-1-6-17-18(7-12)33-11-32-17/h1-7,9,15,19,28H,8,10-11H2,(H,27,31)/t15-,19+/m1/s1. The first-order chi connectivity index (χ1) is 15.8. The summed E-state index contributed by atoms with van der Waals surface area (Å²) >= 11 is 5.90. The molecular weight excluding hydrogens is 461 g/mol. The van der Waals surface area contributed by atoms with Gasteiger partial charge in [-0.15, -0.1) is 0 Å². The molecule has 2 N–H and O–H groups in total. The molecule has 0 bridgehead atoms. The molecule has 0 spiro atoms. The SMILES string of the molecule is O=C(NCc1ccc2c(c1)OCO2)c1cc2n(n1)[C@H](C(F)(F)F)C[C@H](c1ccc(Cl)cc1)N2. The lowest BCUT2D eigenvalue weighted by molar-refractivity contribution is -0.173. The van der Waals surface area contributed by atoms with Gasteiger partial charge in [-0.1, -0.05) is 29.8 Å². The zero-order valence-electron chi connectivity index (χ0n) is 17.0. The number of aromatic nitrogens is 2. The van der Waals surface area contributed by atoms with Gasteiger partial charge in [-0.05, 0) is 35.4 Å². The Balaban J connectivity index is 1.35. The number of carbonyl (C=O) groups is 1. The van der Waals surface area contributed by atoms with E-state index in [1.807, 2.05) is 0 Å². The smallest absolute Gasteiger partial charge is 0.410 e. The minimum Gasteiger partial charge on any atom is -0.454 e. The fraction of sp³-hybridized carbons (Fsp3) is 0.273. The van der Waals surface area contributed by atoms with Crippen LogP contribution >= 0.6 is 11.6 Å². The van der Waals surface area contributed by atoms with Gasteiger partial charge in [0, 0.05) is 24.1 Å². The Morgan fingerprint density at radius 2 is 1.91 bits per heavy atom. The van der Waals surface area contributed by atoms with Gasteiger partial charge in [-0.3, -0.25) is 4.79 Å². The first-order valence-corrected chi connectivity index (χ1v) is 10.5. The van der Waals surface area contributed by atoms with E-state index < -0.39 is 24.2 Å². The second-order valence-corrected chi connectivity index (χ2v) is 8.21. The molecule has 7 nitrogen and oxygen atoms in total. The molecule has 2 aromatic carbocycles. The van der Waals surface area contributed by atoms with Gasteiger partial charge in [0.1, 0.15) is 5.82 Å². The summed E-state index contributed by atoms with van der Waals surface area (Å²) in [5.74, 6) is 0.730. The summed E-state index contributed by atoms with van der Waals surface area (Å²) in [4.78, 5) is 12.6. The quantitative estimate of drug-likeness (QED) is 0.560. The van der Waals surface area contributed by atoms with Crippen molar-refractivity contribution in [1.82, 2.24) is 15.1 Å². The minimum atomic E-state index is -4.53. The van der Waals surface area contributed by atoms with E-state index in [4.69, 9.17) is 21.1 Å². The van der Waals surface area contributed by atoms with Crippen LogP contribution < -0.4 is 20.1 Å². The number of anilines is 1. The summed E-state index contributed by atoms with van der Waals surface area (Å²) in [6.07, 6.45) is -4.80. The van der Waals surface area contributed by atoms with Crippen molar-refractivity contribution in [3.63, 3.8) is 0 Å². The average Bonchev–Trinajstić information content (AvgIpc) is 3.43. The van der Waals surface area contributed by atoms with Gasteiger partial charge >= 0.3 is 6.18 Å². The van der Waals surface area contributed by atoms with Crippen LogP contribution in [0, 0.1) is 0 Å². The highest BCUT2D eigenvalue weighted by Crippen LogP contribution is 2.43. The van der Waals surface area contributed by atoms with Crippen LogP contribution in [-0.2, 0) is 6.54 Å². The van der Waals surface area contributed by atoms with Crippen LogP contribution in [0.4, 0.5) is 19.0 Å². The molecule has 3 aromatic rings. The third kappa shape index (κ3) is 4.30. The lowest BCUT2D eigenvalue weighted by atomic mass is 9.97. The number of ether oxygens (including phenoxy) is 2. The Labute approximate surface area is 191 Å². The second kappa shape index (κ2) is 8.18. The van der Waals surface area contributed by atoms with Crippen LogP contribution in [0.25, 0.3) is 0 Å². The zero-order valence-corrected chi connectivity index (χ0v) is 17.8. The van der Waals surface area contributed by atoms with Gasteiger partial charge in [0.25, 0.3) is 5.91 Å².